The molecular weight excluding hydrogens is 221 g/mol. The average molecular weight is 237 g/mol. The fourth-order valence-corrected chi connectivity index (χ4v) is 1.71. The van der Waals surface area contributed by atoms with Crippen LogP contribution in [-0.2, 0) is 4.79 Å². The van der Waals surface area contributed by atoms with Crippen molar-refractivity contribution in [1.29, 1.82) is 0 Å². The lowest BCUT2D eigenvalue weighted by atomic mass is 9.94. The normalized spacial score (nSPS) is 21.8. The van der Waals surface area contributed by atoms with E-state index in [4.69, 9.17) is 0 Å². The molecule has 16 heavy (non-hydrogen) atoms. The molecule has 1 saturated heterocycles. The topological polar surface area (TPSA) is 43.2 Å². The predicted molar refractivity (Wildman–Crippen MR) is 52.9 cm³/mol. The van der Waals surface area contributed by atoms with Crippen molar-refractivity contribution in [3.8, 4) is 0 Å². The minimum atomic E-state index is -4.32. The van der Waals surface area contributed by atoms with E-state index < -0.39 is 18.6 Å². The second kappa shape index (κ2) is 6.08. The van der Waals surface area contributed by atoms with Gasteiger partial charge < -0.3 is 5.32 Å². The minimum Gasteiger partial charge on any atom is -0.347 e. The quantitative estimate of drug-likeness (QED) is 0.790. The SMILES string of the molecule is O=C(CCC1CCC[N]C1)NCC(F)(F)F. The monoisotopic (exact) mass is 237 g/mol. The van der Waals surface area contributed by atoms with E-state index in [0.29, 0.717) is 12.3 Å². The third-order valence-electron chi connectivity index (χ3n) is 2.58. The summed E-state index contributed by atoms with van der Waals surface area (Å²) >= 11 is 0. The standard InChI is InChI=1S/C10H16F3N2O/c11-10(12,13)7-15-9(16)4-3-8-2-1-5-14-6-8/h8H,1-7H2,(H,15,16). The number of rotatable bonds is 4. The molecule has 1 heterocycles. The van der Waals surface area contributed by atoms with Crippen LogP contribution >= 0.6 is 0 Å². The Hall–Kier alpha value is -0.780. The predicted octanol–water partition coefficient (Wildman–Crippen LogP) is 1.46. The fourth-order valence-electron chi connectivity index (χ4n) is 1.71. The highest BCUT2D eigenvalue weighted by Crippen LogP contribution is 2.17. The van der Waals surface area contributed by atoms with Gasteiger partial charge in [-0.25, -0.2) is 5.32 Å². The van der Waals surface area contributed by atoms with Gasteiger partial charge in [0.05, 0.1) is 0 Å². The molecule has 1 aliphatic heterocycles. The number of nitrogens with one attached hydrogen (secondary N) is 1. The number of alkyl halides is 3. The van der Waals surface area contributed by atoms with Gasteiger partial charge in [-0.1, -0.05) is 0 Å². The number of hydrogen-bond acceptors (Lipinski definition) is 1. The van der Waals surface area contributed by atoms with E-state index in [1.165, 1.54) is 0 Å². The zero-order chi connectivity index (χ0) is 12.0. The molecule has 1 radical (unpaired) electrons. The van der Waals surface area contributed by atoms with Crippen molar-refractivity contribution in [2.75, 3.05) is 19.6 Å². The summed E-state index contributed by atoms with van der Waals surface area (Å²) in [5.41, 5.74) is 0. The lowest BCUT2D eigenvalue weighted by Crippen LogP contribution is -2.34. The maximum Gasteiger partial charge on any atom is 0.405 e. The Balaban J connectivity index is 2.09. The Bertz CT molecular complexity index is 225. The van der Waals surface area contributed by atoms with Crippen molar-refractivity contribution in [2.45, 2.75) is 31.9 Å². The van der Waals surface area contributed by atoms with Crippen molar-refractivity contribution >= 4 is 5.91 Å². The van der Waals surface area contributed by atoms with Crippen molar-refractivity contribution in [1.82, 2.24) is 10.6 Å². The van der Waals surface area contributed by atoms with E-state index in [-0.39, 0.29) is 6.42 Å². The largest absolute Gasteiger partial charge is 0.405 e. The Morgan fingerprint density at radius 2 is 2.19 bits per heavy atom. The molecule has 1 amide bonds. The molecule has 1 unspecified atom stereocenters. The zero-order valence-corrected chi connectivity index (χ0v) is 9.02. The molecule has 1 rings (SSSR count). The van der Waals surface area contributed by atoms with Crippen molar-refractivity contribution < 1.29 is 18.0 Å². The van der Waals surface area contributed by atoms with Gasteiger partial charge in [0.1, 0.15) is 6.54 Å². The number of carbonyl (C=O) groups excluding carboxylic acids is 1. The summed E-state index contributed by atoms with van der Waals surface area (Å²) in [5.74, 6) is -0.159. The number of halogens is 3. The molecular formula is C10H16F3N2O. The lowest BCUT2D eigenvalue weighted by molar-refractivity contribution is -0.138. The maximum absolute atomic E-state index is 11.8. The van der Waals surface area contributed by atoms with E-state index in [9.17, 15) is 18.0 Å². The summed E-state index contributed by atoms with van der Waals surface area (Å²) < 4.78 is 35.3. The first kappa shape index (κ1) is 13.3. The molecule has 0 aromatic carbocycles. The molecule has 0 spiro atoms. The van der Waals surface area contributed by atoms with Gasteiger partial charge in [0.2, 0.25) is 5.91 Å². The van der Waals surface area contributed by atoms with E-state index in [1.54, 1.807) is 0 Å². The third kappa shape index (κ3) is 5.95. The van der Waals surface area contributed by atoms with Gasteiger partial charge in [-0.2, -0.15) is 13.2 Å². The average Bonchev–Trinajstić information content (AvgIpc) is 2.24. The van der Waals surface area contributed by atoms with Crippen LogP contribution < -0.4 is 10.6 Å². The Morgan fingerprint density at radius 1 is 1.44 bits per heavy atom. The van der Waals surface area contributed by atoms with Crippen molar-refractivity contribution in [3.63, 3.8) is 0 Å². The highest BCUT2D eigenvalue weighted by Gasteiger charge is 2.27. The Labute approximate surface area is 92.8 Å². The van der Waals surface area contributed by atoms with E-state index >= 15 is 0 Å². The molecule has 0 saturated carbocycles. The van der Waals surface area contributed by atoms with Crippen LogP contribution in [0.15, 0.2) is 0 Å². The summed E-state index contributed by atoms with van der Waals surface area (Å²) in [6.45, 7) is 0.379. The molecule has 6 heteroatoms. The van der Waals surface area contributed by atoms with Crippen LogP contribution in [0.4, 0.5) is 13.2 Å². The summed E-state index contributed by atoms with van der Waals surface area (Å²) in [5, 5.41) is 6.08. The number of piperidine rings is 1. The van der Waals surface area contributed by atoms with Crippen LogP contribution in [0.5, 0.6) is 0 Å². The fraction of sp³-hybridized carbons (Fsp3) is 0.900. The first-order chi connectivity index (χ1) is 7.47. The number of amides is 1. The van der Waals surface area contributed by atoms with Gasteiger partial charge in [0, 0.05) is 19.5 Å². The van der Waals surface area contributed by atoms with Crippen LogP contribution in [0.1, 0.15) is 25.7 Å². The Kier molecular flexibility index (Phi) is 5.05. The molecule has 1 N–H and O–H groups in total. The highest BCUT2D eigenvalue weighted by molar-refractivity contribution is 5.75. The summed E-state index contributed by atoms with van der Waals surface area (Å²) in [6, 6.07) is 0. The van der Waals surface area contributed by atoms with Gasteiger partial charge in [-0.15, -0.1) is 0 Å². The molecule has 1 fully saturated rings. The molecule has 0 bridgehead atoms. The molecule has 0 aromatic heterocycles. The first-order valence-electron chi connectivity index (χ1n) is 5.44. The van der Waals surface area contributed by atoms with Gasteiger partial charge in [-0.05, 0) is 25.2 Å². The Morgan fingerprint density at radius 3 is 2.75 bits per heavy atom. The molecule has 1 atom stereocenters. The minimum absolute atomic E-state index is 0.163. The van der Waals surface area contributed by atoms with Crippen molar-refractivity contribution in [2.24, 2.45) is 5.92 Å². The third-order valence-corrected chi connectivity index (χ3v) is 2.58. The second-order valence-electron chi connectivity index (χ2n) is 4.07. The number of nitrogens with zero attached hydrogens (tertiary/aromatic N) is 1. The maximum atomic E-state index is 11.8. The van der Waals surface area contributed by atoms with Crippen LogP contribution in [0, 0.1) is 5.92 Å². The smallest absolute Gasteiger partial charge is 0.347 e. The van der Waals surface area contributed by atoms with Crippen LogP contribution in [0.2, 0.25) is 0 Å². The van der Waals surface area contributed by atoms with E-state index in [0.717, 1.165) is 25.9 Å². The van der Waals surface area contributed by atoms with E-state index in [1.807, 2.05) is 5.32 Å². The molecule has 3 nitrogen and oxygen atoms in total. The zero-order valence-electron chi connectivity index (χ0n) is 9.02. The van der Waals surface area contributed by atoms with Gasteiger partial charge >= 0.3 is 6.18 Å². The highest BCUT2D eigenvalue weighted by atomic mass is 19.4. The van der Waals surface area contributed by atoms with Crippen LogP contribution in [0.3, 0.4) is 0 Å². The molecule has 93 valence electrons. The van der Waals surface area contributed by atoms with Gasteiger partial charge in [0.25, 0.3) is 0 Å². The molecule has 0 aromatic rings. The van der Waals surface area contributed by atoms with Gasteiger partial charge in [-0.3, -0.25) is 4.79 Å². The number of carbonyl (C=O) groups is 1. The summed E-state index contributed by atoms with van der Waals surface area (Å²) in [6.07, 6.45) is -1.48. The molecule has 0 aliphatic carbocycles. The lowest BCUT2D eigenvalue weighted by Gasteiger charge is -2.20. The number of hydrogen-bond donors (Lipinski definition) is 1. The summed E-state index contributed by atoms with van der Waals surface area (Å²) in [4.78, 5) is 11.1. The first-order valence-corrected chi connectivity index (χ1v) is 5.44. The second-order valence-corrected chi connectivity index (χ2v) is 4.07. The molecule has 1 aliphatic rings. The summed E-state index contributed by atoms with van der Waals surface area (Å²) in [7, 11) is 0. The van der Waals surface area contributed by atoms with E-state index in [2.05, 4.69) is 5.32 Å². The van der Waals surface area contributed by atoms with Crippen molar-refractivity contribution in [3.05, 3.63) is 0 Å². The van der Waals surface area contributed by atoms with Crippen LogP contribution in [-0.4, -0.2) is 31.7 Å². The van der Waals surface area contributed by atoms with Crippen LogP contribution in [0.25, 0.3) is 0 Å². The van der Waals surface area contributed by atoms with Gasteiger partial charge in [0.15, 0.2) is 0 Å².